The van der Waals surface area contributed by atoms with Crippen LogP contribution in [0.3, 0.4) is 0 Å². The largest absolute Gasteiger partial charge is 0.490 e. The molecule has 198 valence electrons. The second-order valence-electron chi connectivity index (χ2n) is 7.59. The van der Waals surface area contributed by atoms with E-state index in [2.05, 4.69) is 20.3 Å². The smallest absolute Gasteiger partial charge is 0.475 e. The molecule has 3 rings (SSSR count). The van der Waals surface area contributed by atoms with Crippen molar-refractivity contribution in [1.29, 1.82) is 0 Å². The molecule has 1 heterocycles. The third-order valence-electron chi connectivity index (χ3n) is 4.85. The quantitative estimate of drug-likeness (QED) is 0.416. The molecule has 0 radical (unpaired) electrons. The fraction of sp³-hybridized carbons (Fsp3) is 0.364. The number of carbonyl (C=O) groups excluding carboxylic acids is 1. The highest BCUT2D eigenvalue weighted by Crippen LogP contribution is 2.27. The SMILES string of the molecule is CCCNC(=O)c1cc(NS(=O)(=O)c2ccc(Cl)cc2)ccc1N1CCNCC1.O=C(O)C(F)(F)F. The summed E-state index contributed by atoms with van der Waals surface area (Å²) in [4.78, 5) is 23.9. The van der Waals surface area contributed by atoms with Crippen LogP contribution < -0.4 is 20.3 Å². The highest BCUT2D eigenvalue weighted by atomic mass is 35.5. The van der Waals surface area contributed by atoms with Crippen molar-refractivity contribution in [3.05, 3.63) is 53.1 Å². The molecule has 1 fully saturated rings. The van der Waals surface area contributed by atoms with E-state index in [9.17, 15) is 26.4 Å². The van der Waals surface area contributed by atoms with E-state index in [0.717, 1.165) is 38.3 Å². The molecule has 0 aromatic heterocycles. The number of halogens is 4. The number of hydrogen-bond donors (Lipinski definition) is 4. The highest BCUT2D eigenvalue weighted by molar-refractivity contribution is 7.92. The lowest BCUT2D eigenvalue weighted by molar-refractivity contribution is -0.192. The summed E-state index contributed by atoms with van der Waals surface area (Å²) in [5, 5.41) is 13.8. The molecule has 1 aliphatic rings. The molecule has 0 spiro atoms. The number of nitrogens with one attached hydrogen (secondary N) is 3. The van der Waals surface area contributed by atoms with E-state index in [0.29, 0.717) is 22.8 Å². The Labute approximate surface area is 211 Å². The Bertz CT molecular complexity index is 1160. The summed E-state index contributed by atoms with van der Waals surface area (Å²) in [6, 6.07) is 11.0. The van der Waals surface area contributed by atoms with Crippen molar-refractivity contribution in [2.75, 3.05) is 42.3 Å². The minimum atomic E-state index is -5.08. The number of carboxylic acids is 1. The van der Waals surface area contributed by atoms with Crippen molar-refractivity contribution >= 4 is 44.9 Å². The monoisotopic (exact) mass is 550 g/mol. The number of rotatable bonds is 7. The van der Waals surface area contributed by atoms with Gasteiger partial charge in [-0.2, -0.15) is 13.2 Å². The molecule has 1 aliphatic heterocycles. The average molecular weight is 551 g/mol. The van der Waals surface area contributed by atoms with Crippen LogP contribution in [-0.4, -0.2) is 64.3 Å². The lowest BCUT2D eigenvalue weighted by atomic mass is 10.1. The first-order valence-electron chi connectivity index (χ1n) is 10.8. The molecule has 0 aliphatic carbocycles. The van der Waals surface area contributed by atoms with Gasteiger partial charge in [0.1, 0.15) is 0 Å². The summed E-state index contributed by atoms with van der Waals surface area (Å²) in [5.74, 6) is -2.97. The Morgan fingerprint density at radius 3 is 2.22 bits per heavy atom. The van der Waals surface area contributed by atoms with Crippen LogP contribution in [0, 0.1) is 0 Å². The van der Waals surface area contributed by atoms with E-state index < -0.39 is 22.2 Å². The number of amides is 1. The molecule has 2 aromatic carbocycles. The summed E-state index contributed by atoms with van der Waals surface area (Å²) in [6.45, 7) is 5.77. The summed E-state index contributed by atoms with van der Waals surface area (Å²) in [6.07, 6.45) is -4.27. The maximum atomic E-state index is 12.7. The Kier molecular flexibility index (Phi) is 10.4. The first-order chi connectivity index (χ1) is 16.8. The molecule has 1 amide bonds. The highest BCUT2D eigenvalue weighted by Gasteiger charge is 2.38. The van der Waals surface area contributed by atoms with Gasteiger partial charge in [-0.25, -0.2) is 13.2 Å². The lowest BCUT2D eigenvalue weighted by Crippen LogP contribution is -2.44. The number of aliphatic carboxylic acids is 1. The van der Waals surface area contributed by atoms with E-state index in [-0.39, 0.29) is 10.8 Å². The number of alkyl halides is 3. The lowest BCUT2D eigenvalue weighted by Gasteiger charge is -2.31. The van der Waals surface area contributed by atoms with E-state index in [4.69, 9.17) is 21.5 Å². The molecule has 0 atom stereocenters. The zero-order chi connectivity index (χ0) is 26.9. The topological polar surface area (TPSA) is 128 Å². The van der Waals surface area contributed by atoms with Crippen LogP contribution in [0.1, 0.15) is 23.7 Å². The van der Waals surface area contributed by atoms with Crippen molar-refractivity contribution in [1.82, 2.24) is 10.6 Å². The van der Waals surface area contributed by atoms with Gasteiger partial charge in [-0.15, -0.1) is 0 Å². The first-order valence-corrected chi connectivity index (χ1v) is 12.7. The summed E-state index contributed by atoms with van der Waals surface area (Å²) >= 11 is 5.84. The second kappa shape index (κ2) is 12.8. The minimum Gasteiger partial charge on any atom is -0.475 e. The molecule has 0 saturated carbocycles. The number of anilines is 2. The maximum Gasteiger partial charge on any atom is 0.490 e. The van der Waals surface area contributed by atoms with Crippen LogP contribution in [-0.2, 0) is 14.8 Å². The Morgan fingerprint density at radius 2 is 1.69 bits per heavy atom. The molecule has 0 unspecified atom stereocenters. The van der Waals surface area contributed by atoms with Crippen molar-refractivity contribution in [3.8, 4) is 0 Å². The average Bonchev–Trinajstić information content (AvgIpc) is 2.83. The second-order valence-corrected chi connectivity index (χ2v) is 9.71. The zero-order valence-electron chi connectivity index (χ0n) is 19.2. The number of sulfonamides is 1. The predicted molar refractivity (Wildman–Crippen MR) is 130 cm³/mol. The van der Waals surface area contributed by atoms with E-state index in [1.54, 1.807) is 18.2 Å². The standard InChI is InChI=1S/C20H25ClN4O3S.C2HF3O2/c1-2-9-23-20(26)18-14-16(5-8-19(18)25-12-10-22-11-13-25)24-29(27,28)17-6-3-15(21)4-7-17;3-2(4,5)1(6)7/h3-8,14,22,24H,2,9-13H2,1H3,(H,23,26);(H,6,7). The number of benzene rings is 2. The van der Waals surface area contributed by atoms with Gasteiger partial charge in [-0.3, -0.25) is 9.52 Å². The van der Waals surface area contributed by atoms with Crippen LogP contribution in [0.4, 0.5) is 24.5 Å². The molecular formula is C22H26ClF3N4O5S. The number of hydrogen-bond acceptors (Lipinski definition) is 6. The fourth-order valence-electron chi connectivity index (χ4n) is 3.12. The zero-order valence-corrected chi connectivity index (χ0v) is 20.8. The van der Waals surface area contributed by atoms with Gasteiger partial charge in [0.05, 0.1) is 10.5 Å². The van der Waals surface area contributed by atoms with Crippen LogP contribution >= 0.6 is 11.6 Å². The van der Waals surface area contributed by atoms with Gasteiger partial charge in [0.2, 0.25) is 0 Å². The normalized spacial score (nSPS) is 13.9. The summed E-state index contributed by atoms with van der Waals surface area (Å²) in [5.41, 5.74) is 1.59. The number of carboxylic acid groups (broad SMARTS) is 1. The van der Waals surface area contributed by atoms with Gasteiger partial charge in [0.15, 0.2) is 0 Å². The van der Waals surface area contributed by atoms with Crippen LogP contribution in [0.5, 0.6) is 0 Å². The van der Waals surface area contributed by atoms with Gasteiger partial charge < -0.3 is 20.6 Å². The Hall–Kier alpha value is -3.03. The molecule has 1 saturated heterocycles. The molecule has 14 heteroatoms. The van der Waals surface area contributed by atoms with Crippen molar-refractivity contribution in [2.24, 2.45) is 0 Å². The number of piperazine rings is 1. The van der Waals surface area contributed by atoms with Crippen LogP contribution in [0.25, 0.3) is 0 Å². The predicted octanol–water partition coefficient (Wildman–Crippen LogP) is 3.32. The van der Waals surface area contributed by atoms with Crippen LogP contribution in [0.2, 0.25) is 5.02 Å². The summed E-state index contributed by atoms with van der Waals surface area (Å²) < 4.78 is 59.6. The van der Waals surface area contributed by atoms with Gasteiger partial charge in [-0.1, -0.05) is 18.5 Å². The van der Waals surface area contributed by atoms with Crippen molar-refractivity contribution in [3.63, 3.8) is 0 Å². The summed E-state index contributed by atoms with van der Waals surface area (Å²) in [7, 11) is -3.79. The molecule has 36 heavy (non-hydrogen) atoms. The third-order valence-corrected chi connectivity index (χ3v) is 6.50. The Balaban J connectivity index is 0.000000572. The van der Waals surface area contributed by atoms with Gasteiger partial charge in [0, 0.05) is 49.1 Å². The molecule has 2 aromatic rings. The van der Waals surface area contributed by atoms with Gasteiger partial charge >= 0.3 is 12.1 Å². The number of carbonyl (C=O) groups is 2. The molecule has 0 bridgehead atoms. The van der Waals surface area contributed by atoms with Crippen LogP contribution in [0.15, 0.2) is 47.4 Å². The number of nitrogens with zero attached hydrogens (tertiary/aromatic N) is 1. The molecule has 4 N–H and O–H groups in total. The fourth-order valence-corrected chi connectivity index (χ4v) is 4.30. The van der Waals surface area contributed by atoms with E-state index in [1.165, 1.54) is 24.3 Å². The van der Waals surface area contributed by atoms with E-state index >= 15 is 0 Å². The minimum absolute atomic E-state index is 0.102. The maximum absolute atomic E-state index is 12.7. The first kappa shape index (κ1) is 29.2. The van der Waals surface area contributed by atoms with Gasteiger partial charge in [-0.05, 0) is 48.9 Å². The van der Waals surface area contributed by atoms with Gasteiger partial charge in [0.25, 0.3) is 15.9 Å². The molecule has 9 nitrogen and oxygen atoms in total. The Morgan fingerprint density at radius 1 is 1.11 bits per heavy atom. The van der Waals surface area contributed by atoms with E-state index in [1.807, 2.05) is 6.92 Å². The molecular weight excluding hydrogens is 525 g/mol. The van der Waals surface area contributed by atoms with Crippen molar-refractivity contribution < 1.29 is 36.3 Å². The third kappa shape index (κ3) is 8.57. The van der Waals surface area contributed by atoms with Crippen molar-refractivity contribution in [2.45, 2.75) is 24.4 Å².